The molecule has 1 heterocycles. The summed E-state index contributed by atoms with van der Waals surface area (Å²) in [6, 6.07) is 0. The van der Waals surface area contributed by atoms with Crippen molar-refractivity contribution >= 4 is 0 Å². The molecule has 0 amide bonds. The Kier molecular flexibility index (Phi) is 1.42. The molecule has 1 nitrogen and oxygen atoms in total. The Hall–Kier alpha value is -0.720. The van der Waals surface area contributed by atoms with E-state index in [4.69, 9.17) is 4.42 Å². The lowest BCUT2D eigenvalue weighted by molar-refractivity contribution is 0.460. The highest BCUT2D eigenvalue weighted by Crippen LogP contribution is 2.50. The maximum atomic E-state index is 5.70. The molecule has 1 aromatic rings. The minimum absolute atomic E-state index is 0.854. The van der Waals surface area contributed by atoms with Crippen LogP contribution in [0.15, 0.2) is 4.42 Å². The number of hydrogen-bond acceptors (Lipinski definition) is 1. The molecule has 1 heteroatoms. The van der Waals surface area contributed by atoms with Crippen molar-refractivity contribution in [2.45, 2.75) is 45.4 Å². The quantitative estimate of drug-likeness (QED) is 0.591. The number of aryl methyl sites for hydroxylation is 2. The van der Waals surface area contributed by atoms with Gasteiger partial charge >= 0.3 is 0 Å². The molecule has 70 valence electrons. The van der Waals surface area contributed by atoms with Crippen LogP contribution in [-0.4, -0.2) is 0 Å². The summed E-state index contributed by atoms with van der Waals surface area (Å²) in [5.41, 5.74) is 3.13. The van der Waals surface area contributed by atoms with Gasteiger partial charge in [0.1, 0.15) is 11.5 Å². The molecule has 0 saturated heterocycles. The van der Waals surface area contributed by atoms with Crippen LogP contribution in [0.1, 0.15) is 47.8 Å². The highest BCUT2D eigenvalue weighted by molar-refractivity contribution is 5.41. The lowest BCUT2D eigenvalue weighted by Crippen LogP contribution is -1.99. The molecule has 2 atom stereocenters. The molecular formula is C12H16O. The van der Waals surface area contributed by atoms with E-state index in [1.807, 2.05) is 0 Å². The van der Waals surface area contributed by atoms with E-state index < -0.39 is 0 Å². The van der Waals surface area contributed by atoms with Crippen LogP contribution in [0.25, 0.3) is 0 Å². The van der Waals surface area contributed by atoms with Crippen LogP contribution in [0.4, 0.5) is 0 Å². The number of rotatable bonds is 0. The van der Waals surface area contributed by atoms with E-state index in [0.717, 1.165) is 11.8 Å². The first-order chi connectivity index (χ1) is 6.27. The summed E-state index contributed by atoms with van der Waals surface area (Å²) >= 11 is 0. The first-order valence-electron chi connectivity index (χ1n) is 5.36. The SMILES string of the molecule is Cc1oc(C)c2c1CC1CCCC21. The molecule has 1 aromatic heterocycles. The Morgan fingerprint density at radius 2 is 2.00 bits per heavy atom. The Balaban J connectivity index is 2.14. The van der Waals surface area contributed by atoms with Gasteiger partial charge in [0.25, 0.3) is 0 Å². The summed E-state index contributed by atoms with van der Waals surface area (Å²) in [4.78, 5) is 0. The van der Waals surface area contributed by atoms with Crippen molar-refractivity contribution in [1.29, 1.82) is 0 Å². The maximum Gasteiger partial charge on any atom is 0.104 e. The second kappa shape index (κ2) is 2.40. The van der Waals surface area contributed by atoms with E-state index >= 15 is 0 Å². The summed E-state index contributed by atoms with van der Waals surface area (Å²) in [5, 5.41) is 0. The molecule has 0 radical (unpaired) electrons. The van der Waals surface area contributed by atoms with E-state index in [1.54, 1.807) is 11.1 Å². The van der Waals surface area contributed by atoms with Crippen LogP contribution < -0.4 is 0 Å². The fourth-order valence-corrected chi connectivity index (χ4v) is 3.41. The second-order valence-electron chi connectivity index (χ2n) is 4.61. The molecule has 3 rings (SSSR count). The molecule has 1 fully saturated rings. The van der Waals surface area contributed by atoms with Gasteiger partial charge in [0.15, 0.2) is 0 Å². The van der Waals surface area contributed by atoms with Gasteiger partial charge in [-0.2, -0.15) is 0 Å². The second-order valence-corrected chi connectivity index (χ2v) is 4.61. The third-order valence-corrected chi connectivity index (χ3v) is 3.93. The first kappa shape index (κ1) is 7.66. The first-order valence-corrected chi connectivity index (χ1v) is 5.36. The smallest absolute Gasteiger partial charge is 0.104 e. The fraction of sp³-hybridized carbons (Fsp3) is 0.667. The highest BCUT2D eigenvalue weighted by Gasteiger charge is 2.39. The van der Waals surface area contributed by atoms with Gasteiger partial charge in [0.2, 0.25) is 0 Å². The molecule has 13 heavy (non-hydrogen) atoms. The van der Waals surface area contributed by atoms with E-state index in [0.29, 0.717) is 0 Å². The zero-order valence-corrected chi connectivity index (χ0v) is 8.39. The van der Waals surface area contributed by atoms with Gasteiger partial charge in [0, 0.05) is 5.56 Å². The molecule has 0 spiro atoms. The Morgan fingerprint density at radius 3 is 2.85 bits per heavy atom. The largest absolute Gasteiger partial charge is 0.466 e. The summed E-state index contributed by atoms with van der Waals surface area (Å²) in [6.45, 7) is 4.25. The van der Waals surface area contributed by atoms with Gasteiger partial charge in [-0.1, -0.05) is 6.42 Å². The summed E-state index contributed by atoms with van der Waals surface area (Å²) in [7, 11) is 0. The standard InChI is InChI=1S/C12H16O/c1-7-11-6-9-4-3-5-10(9)12(11)8(2)13-7/h9-10H,3-6H2,1-2H3. The average molecular weight is 176 g/mol. The zero-order valence-electron chi connectivity index (χ0n) is 8.39. The molecule has 2 aliphatic carbocycles. The van der Waals surface area contributed by atoms with Crippen molar-refractivity contribution in [3.8, 4) is 0 Å². The topological polar surface area (TPSA) is 13.1 Å². The molecule has 2 aliphatic rings. The Morgan fingerprint density at radius 1 is 1.15 bits per heavy atom. The van der Waals surface area contributed by atoms with Gasteiger partial charge in [-0.25, -0.2) is 0 Å². The van der Waals surface area contributed by atoms with Crippen molar-refractivity contribution in [3.63, 3.8) is 0 Å². The predicted octanol–water partition coefficient (Wildman–Crippen LogP) is 3.34. The van der Waals surface area contributed by atoms with E-state index in [-0.39, 0.29) is 0 Å². The highest BCUT2D eigenvalue weighted by atomic mass is 16.3. The van der Waals surface area contributed by atoms with Crippen LogP contribution in [0, 0.1) is 19.8 Å². The molecule has 0 aliphatic heterocycles. The Bertz CT molecular complexity index is 348. The van der Waals surface area contributed by atoms with Crippen molar-refractivity contribution in [2.24, 2.45) is 5.92 Å². The van der Waals surface area contributed by atoms with Crippen molar-refractivity contribution in [3.05, 3.63) is 22.6 Å². The normalized spacial score (nSPS) is 30.6. The lowest BCUT2D eigenvalue weighted by atomic mass is 9.96. The monoisotopic (exact) mass is 176 g/mol. The van der Waals surface area contributed by atoms with Crippen LogP contribution in [0.2, 0.25) is 0 Å². The van der Waals surface area contributed by atoms with E-state index in [1.165, 1.54) is 37.2 Å². The van der Waals surface area contributed by atoms with Crippen LogP contribution in [-0.2, 0) is 6.42 Å². The van der Waals surface area contributed by atoms with Gasteiger partial charge in [-0.15, -0.1) is 0 Å². The maximum absolute atomic E-state index is 5.70. The molecule has 0 N–H and O–H groups in total. The third kappa shape index (κ3) is 0.877. The average Bonchev–Trinajstić information content (AvgIpc) is 2.63. The van der Waals surface area contributed by atoms with Crippen molar-refractivity contribution in [2.75, 3.05) is 0 Å². The lowest BCUT2D eigenvalue weighted by Gasteiger charge is -2.09. The molecule has 2 unspecified atom stereocenters. The number of fused-ring (bicyclic) bond motifs is 3. The molecular weight excluding hydrogens is 160 g/mol. The van der Waals surface area contributed by atoms with Gasteiger partial charge in [-0.05, 0) is 50.5 Å². The van der Waals surface area contributed by atoms with Crippen molar-refractivity contribution < 1.29 is 4.42 Å². The minimum Gasteiger partial charge on any atom is -0.466 e. The summed E-state index contributed by atoms with van der Waals surface area (Å²) < 4.78 is 5.70. The van der Waals surface area contributed by atoms with Crippen LogP contribution in [0.3, 0.4) is 0 Å². The fourth-order valence-electron chi connectivity index (χ4n) is 3.41. The van der Waals surface area contributed by atoms with Gasteiger partial charge in [-0.3, -0.25) is 0 Å². The third-order valence-electron chi connectivity index (χ3n) is 3.93. The molecule has 0 aromatic carbocycles. The molecule has 0 bridgehead atoms. The predicted molar refractivity (Wildman–Crippen MR) is 52.0 cm³/mol. The number of hydrogen-bond donors (Lipinski definition) is 0. The minimum atomic E-state index is 0.854. The summed E-state index contributed by atoms with van der Waals surface area (Å²) in [6.07, 6.45) is 5.57. The number of furan rings is 1. The van der Waals surface area contributed by atoms with Gasteiger partial charge < -0.3 is 4.42 Å². The molecule has 1 saturated carbocycles. The Labute approximate surface area is 79.1 Å². The van der Waals surface area contributed by atoms with Crippen LogP contribution in [0.5, 0.6) is 0 Å². The van der Waals surface area contributed by atoms with E-state index in [9.17, 15) is 0 Å². The van der Waals surface area contributed by atoms with Crippen molar-refractivity contribution in [1.82, 2.24) is 0 Å². The van der Waals surface area contributed by atoms with E-state index in [2.05, 4.69) is 13.8 Å². The van der Waals surface area contributed by atoms with Gasteiger partial charge in [0.05, 0.1) is 0 Å². The zero-order chi connectivity index (χ0) is 9.00. The summed E-state index contributed by atoms with van der Waals surface area (Å²) in [5.74, 6) is 4.19. The van der Waals surface area contributed by atoms with Crippen LogP contribution >= 0.6 is 0 Å².